The van der Waals surface area contributed by atoms with Gasteiger partial charge in [-0.15, -0.1) is 0 Å². The Balaban J connectivity index is 4.04. The molecule has 0 saturated carbocycles. The van der Waals surface area contributed by atoms with Gasteiger partial charge in [0.1, 0.15) is 6.04 Å². The predicted octanol–water partition coefficient (Wildman–Crippen LogP) is 0.261. The zero-order valence-electron chi connectivity index (χ0n) is 8.90. The quantitative estimate of drug-likeness (QED) is 0.418. The van der Waals surface area contributed by atoms with Crippen molar-refractivity contribution >= 4 is 11.9 Å². The first-order valence-corrected chi connectivity index (χ1v) is 4.98. The van der Waals surface area contributed by atoms with Gasteiger partial charge >= 0.3 is 5.97 Å². The van der Waals surface area contributed by atoms with Crippen molar-refractivity contribution in [3.8, 4) is 0 Å². The van der Waals surface area contributed by atoms with Crippen LogP contribution in [0.1, 0.15) is 26.2 Å². The highest BCUT2D eigenvalue weighted by molar-refractivity contribution is 5.90. The SMILES string of the molecule is C/C=C/C(=O)NC(CCCCN)C(=O)O. The van der Waals surface area contributed by atoms with Crippen LogP contribution in [0.4, 0.5) is 0 Å². The van der Waals surface area contributed by atoms with E-state index >= 15 is 0 Å². The van der Waals surface area contributed by atoms with Gasteiger partial charge in [0.2, 0.25) is 5.91 Å². The van der Waals surface area contributed by atoms with Gasteiger partial charge in [0, 0.05) is 0 Å². The predicted molar refractivity (Wildman–Crippen MR) is 57.3 cm³/mol. The van der Waals surface area contributed by atoms with Crippen molar-refractivity contribution < 1.29 is 14.7 Å². The molecule has 0 spiro atoms. The van der Waals surface area contributed by atoms with Crippen LogP contribution in [-0.2, 0) is 9.59 Å². The Morgan fingerprint density at radius 1 is 1.47 bits per heavy atom. The second kappa shape index (κ2) is 7.99. The summed E-state index contributed by atoms with van der Waals surface area (Å²) in [5, 5.41) is 11.2. The first kappa shape index (κ1) is 13.6. The van der Waals surface area contributed by atoms with E-state index in [0.29, 0.717) is 19.4 Å². The van der Waals surface area contributed by atoms with Gasteiger partial charge in [0.15, 0.2) is 0 Å². The average molecular weight is 214 g/mol. The number of carboxylic acid groups (broad SMARTS) is 1. The van der Waals surface area contributed by atoms with Gasteiger partial charge in [-0.05, 0) is 38.8 Å². The van der Waals surface area contributed by atoms with E-state index in [1.54, 1.807) is 13.0 Å². The summed E-state index contributed by atoms with van der Waals surface area (Å²) < 4.78 is 0. The zero-order valence-corrected chi connectivity index (χ0v) is 8.90. The van der Waals surface area contributed by atoms with Crippen molar-refractivity contribution in [1.82, 2.24) is 5.32 Å². The van der Waals surface area contributed by atoms with Gasteiger partial charge in [0.25, 0.3) is 0 Å². The first-order chi connectivity index (χ1) is 7.11. The Bertz CT molecular complexity index is 239. The molecule has 15 heavy (non-hydrogen) atoms. The van der Waals surface area contributed by atoms with Gasteiger partial charge in [-0.25, -0.2) is 4.79 Å². The number of rotatable bonds is 7. The third kappa shape index (κ3) is 6.68. The van der Waals surface area contributed by atoms with Crippen LogP contribution in [0.15, 0.2) is 12.2 Å². The molecule has 0 aliphatic carbocycles. The van der Waals surface area contributed by atoms with E-state index < -0.39 is 12.0 Å². The first-order valence-electron chi connectivity index (χ1n) is 4.98. The standard InChI is InChI=1S/C10H18N2O3/c1-2-5-9(13)12-8(10(14)15)6-3-4-7-11/h2,5,8H,3-4,6-7,11H2,1H3,(H,12,13)(H,14,15)/b5-2+. The number of allylic oxidation sites excluding steroid dienone is 1. The Hall–Kier alpha value is -1.36. The van der Waals surface area contributed by atoms with Crippen molar-refractivity contribution in [2.45, 2.75) is 32.2 Å². The Kier molecular flexibility index (Phi) is 7.27. The van der Waals surface area contributed by atoms with Gasteiger partial charge in [-0.3, -0.25) is 4.79 Å². The van der Waals surface area contributed by atoms with E-state index in [-0.39, 0.29) is 5.91 Å². The molecule has 0 aliphatic rings. The van der Waals surface area contributed by atoms with E-state index in [1.165, 1.54) is 6.08 Å². The average Bonchev–Trinajstić information content (AvgIpc) is 2.16. The molecular weight excluding hydrogens is 196 g/mol. The number of hydrogen-bond donors (Lipinski definition) is 3. The number of carbonyl (C=O) groups excluding carboxylic acids is 1. The van der Waals surface area contributed by atoms with Gasteiger partial charge in [-0.2, -0.15) is 0 Å². The number of amides is 1. The van der Waals surface area contributed by atoms with Crippen LogP contribution in [0.25, 0.3) is 0 Å². The van der Waals surface area contributed by atoms with Gasteiger partial charge in [0.05, 0.1) is 0 Å². The molecule has 4 N–H and O–H groups in total. The van der Waals surface area contributed by atoms with Crippen molar-refractivity contribution in [1.29, 1.82) is 0 Å². The molecule has 0 heterocycles. The smallest absolute Gasteiger partial charge is 0.326 e. The molecule has 5 nitrogen and oxygen atoms in total. The monoisotopic (exact) mass is 214 g/mol. The van der Waals surface area contributed by atoms with Gasteiger partial charge in [-0.1, -0.05) is 6.08 Å². The van der Waals surface area contributed by atoms with Crippen LogP contribution in [0.3, 0.4) is 0 Å². The van der Waals surface area contributed by atoms with Crippen molar-refractivity contribution in [3.63, 3.8) is 0 Å². The lowest BCUT2D eigenvalue weighted by Crippen LogP contribution is -2.39. The number of carbonyl (C=O) groups is 2. The summed E-state index contributed by atoms with van der Waals surface area (Å²) in [6.07, 6.45) is 4.75. The molecule has 1 unspecified atom stereocenters. The minimum absolute atomic E-state index is 0.377. The Morgan fingerprint density at radius 2 is 2.13 bits per heavy atom. The van der Waals surface area contributed by atoms with Crippen LogP contribution < -0.4 is 11.1 Å². The van der Waals surface area contributed by atoms with E-state index in [1.807, 2.05) is 0 Å². The zero-order chi connectivity index (χ0) is 11.7. The van der Waals surface area contributed by atoms with Crippen LogP contribution in [-0.4, -0.2) is 29.6 Å². The van der Waals surface area contributed by atoms with Crippen molar-refractivity contribution in [2.24, 2.45) is 5.73 Å². The van der Waals surface area contributed by atoms with E-state index in [2.05, 4.69) is 5.32 Å². The molecule has 0 rings (SSSR count). The number of carboxylic acids is 1. The number of nitrogens with two attached hydrogens (primary N) is 1. The summed E-state index contributed by atoms with van der Waals surface area (Å²) in [6, 6.07) is -0.819. The third-order valence-corrected chi connectivity index (χ3v) is 1.88. The molecular formula is C10H18N2O3. The lowest BCUT2D eigenvalue weighted by molar-refractivity contribution is -0.141. The number of nitrogens with one attached hydrogen (secondary N) is 1. The maximum Gasteiger partial charge on any atom is 0.326 e. The second-order valence-electron chi connectivity index (χ2n) is 3.18. The van der Waals surface area contributed by atoms with Crippen LogP contribution in [0.2, 0.25) is 0 Å². The van der Waals surface area contributed by atoms with Crippen molar-refractivity contribution in [3.05, 3.63) is 12.2 Å². The minimum atomic E-state index is -1.01. The normalized spacial score (nSPS) is 12.7. The highest BCUT2D eigenvalue weighted by Crippen LogP contribution is 2.00. The van der Waals surface area contributed by atoms with E-state index in [0.717, 1.165) is 6.42 Å². The molecule has 0 fully saturated rings. The van der Waals surface area contributed by atoms with E-state index in [4.69, 9.17) is 10.8 Å². The molecule has 0 aromatic rings. The number of hydrogen-bond acceptors (Lipinski definition) is 3. The molecule has 86 valence electrons. The maximum absolute atomic E-state index is 11.1. The number of unbranched alkanes of at least 4 members (excludes halogenated alkanes) is 1. The molecule has 0 bridgehead atoms. The molecule has 1 atom stereocenters. The molecule has 0 radical (unpaired) electrons. The lowest BCUT2D eigenvalue weighted by atomic mass is 10.1. The summed E-state index contributed by atoms with van der Waals surface area (Å²) in [4.78, 5) is 21.9. The lowest BCUT2D eigenvalue weighted by Gasteiger charge is -2.12. The summed E-state index contributed by atoms with van der Waals surface area (Å²) in [5.74, 6) is -1.39. The molecule has 0 aliphatic heterocycles. The Morgan fingerprint density at radius 3 is 2.60 bits per heavy atom. The highest BCUT2D eigenvalue weighted by atomic mass is 16.4. The van der Waals surface area contributed by atoms with Crippen LogP contribution >= 0.6 is 0 Å². The summed E-state index contributed by atoms with van der Waals surface area (Å²) >= 11 is 0. The van der Waals surface area contributed by atoms with Crippen LogP contribution in [0, 0.1) is 0 Å². The fourth-order valence-electron chi connectivity index (χ4n) is 1.12. The fourth-order valence-corrected chi connectivity index (χ4v) is 1.12. The van der Waals surface area contributed by atoms with Crippen LogP contribution in [0.5, 0.6) is 0 Å². The maximum atomic E-state index is 11.1. The summed E-state index contributed by atoms with van der Waals surface area (Å²) in [5.41, 5.74) is 5.29. The largest absolute Gasteiger partial charge is 0.480 e. The van der Waals surface area contributed by atoms with E-state index in [9.17, 15) is 9.59 Å². The second-order valence-corrected chi connectivity index (χ2v) is 3.18. The molecule has 0 aromatic carbocycles. The van der Waals surface area contributed by atoms with Gasteiger partial charge < -0.3 is 16.2 Å². The molecule has 0 aromatic heterocycles. The minimum Gasteiger partial charge on any atom is -0.480 e. The Labute approximate surface area is 89.3 Å². The molecule has 1 amide bonds. The molecule has 5 heteroatoms. The highest BCUT2D eigenvalue weighted by Gasteiger charge is 2.17. The topological polar surface area (TPSA) is 92.4 Å². The fraction of sp³-hybridized carbons (Fsp3) is 0.600. The third-order valence-electron chi connectivity index (χ3n) is 1.88. The number of aliphatic carboxylic acids is 1. The van der Waals surface area contributed by atoms with Crippen molar-refractivity contribution in [2.75, 3.05) is 6.54 Å². The summed E-state index contributed by atoms with van der Waals surface area (Å²) in [7, 11) is 0. The summed E-state index contributed by atoms with van der Waals surface area (Å²) in [6.45, 7) is 2.24. The molecule has 0 saturated heterocycles.